The summed E-state index contributed by atoms with van der Waals surface area (Å²) in [6.45, 7) is 4.17. The highest BCUT2D eigenvalue weighted by Crippen LogP contribution is 2.45. The van der Waals surface area contributed by atoms with Crippen molar-refractivity contribution in [2.24, 2.45) is 0 Å². The van der Waals surface area contributed by atoms with E-state index in [0.29, 0.717) is 6.42 Å². The summed E-state index contributed by atoms with van der Waals surface area (Å²) < 4.78 is 22.5. The summed E-state index contributed by atoms with van der Waals surface area (Å²) in [6.07, 6.45) is 34.0. The normalized spacial score (nSPS) is 14.8. The van der Waals surface area contributed by atoms with Gasteiger partial charge in [-0.3, -0.25) is 14.2 Å². The molecule has 0 rings (SSSR count). The lowest BCUT2D eigenvalue weighted by Gasteiger charge is -2.26. The number of carbonyl (C=O) groups excluding carboxylic acids is 1. The molecule has 0 bridgehead atoms. The number of nitrogens with one attached hydrogen (secondary N) is 1. The molecule has 0 aromatic carbocycles. The molecule has 0 spiro atoms. The number of nitrogens with zero attached hydrogens (tertiary/aromatic N) is 1. The quantitative estimate of drug-likeness (QED) is 0.0206. The van der Waals surface area contributed by atoms with Crippen molar-refractivity contribution in [3.05, 3.63) is 12.2 Å². The molecule has 3 N–H and O–H groups in total. The third-order valence-electron chi connectivity index (χ3n) is 8.34. The van der Waals surface area contributed by atoms with Crippen LogP contribution in [0.4, 0.5) is 0 Å². The van der Waals surface area contributed by atoms with E-state index >= 15 is 0 Å². The second-order valence-corrected chi connectivity index (χ2v) is 15.5. The van der Waals surface area contributed by atoms with Crippen LogP contribution in [0.5, 0.6) is 0 Å². The van der Waals surface area contributed by atoms with E-state index in [1.165, 1.54) is 122 Å². The molecular weight excluding hydrogens is 599 g/mol. The minimum Gasteiger partial charge on any atom is -0.387 e. The van der Waals surface area contributed by atoms with Gasteiger partial charge in [-0.2, -0.15) is 4.65 Å². The van der Waals surface area contributed by atoms with Crippen LogP contribution in [0.1, 0.15) is 181 Å². The largest absolute Gasteiger partial charge is 0.518 e. The molecule has 3 atom stereocenters. The molecular formula is C37H76N2O6P+. The van der Waals surface area contributed by atoms with Crippen molar-refractivity contribution >= 4 is 13.7 Å². The van der Waals surface area contributed by atoms with E-state index in [0.717, 1.165) is 38.5 Å². The predicted molar refractivity (Wildman–Crippen MR) is 193 cm³/mol. The second-order valence-electron chi connectivity index (χ2n) is 14.1. The van der Waals surface area contributed by atoms with Crippen molar-refractivity contribution in [3.63, 3.8) is 0 Å². The number of phosphoric ester groups is 1. The summed E-state index contributed by atoms with van der Waals surface area (Å²) in [4.78, 5) is 22.9. The molecule has 0 heterocycles. The highest BCUT2D eigenvalue weighted by molar-refractivity contribution is 7.47. The molecule has 1 amide bonds. The molecule has 46 heavy (non-hydrogen) atoms. The fraction of sp³-hybridized carbons (Fsp3) is 0.919. The Morgan fingerprint density at radius 3 is 1.50 bits per heavy atom. The SMILES string of the molecule is CCCCCCCCCCCCC/C=C/[C@@H](O)[C@H](COP(=O)(O)O[N+](C)(C)C)NC(=O)CCCCCCCCCCCCCCC. The molecule has 0 saturated heterocycles. The molecule has 0 aromatic heterocycles. The molecule has 1 unspecified atom stereocenters. The molecule has 0 aliphatic heterocycles. The Bertz CT molecular complexity index is 773. The Hall–Kier alpha value is -0.760. The number of quaternary nitrogens is 1. The second kappa shape index (κ2) is 30.3. The lowest BCUT2D eigenvalue weighted by molar-refractivity contribution is -1.04. The van der Waals surface area contributed by atoms with Crippen LogP contribution in [0, 0.1) is 0 Å². The van der Waals surface area contributed by atoms with Crippen LogP contribution in [-0.4, -0.2) is 60.4 Å². The highest BCUT2D eigenvalue weighted by atomic mass is 31.2. The van der Waals surface area contributed by atoms with Crippen LogP contribution in [0.15, 0.2) is 12.2 Å². The van der Waals surface area contributed by atoms with Gasteiger partial charge in [-0.25, -0.2) is 4.57 Å². The maximum Gasteiger partial charge on any atom is 0.518 e. The third kappa shape index (κ3) is 31.8. The summed E-state index contributed by atoms with van der Waals surface area (Å²) in [7, 11) is 0.437. The monoisotopic (exact) mass is 676 g/mol. The van der Waals surface area contributed by atoms with E-state index in [-0.39, 0.29) is 17.2 Å². The van der Waals surface area contributed by atoms with E-state index in [2.05, 4.69) is 19.2 Å². The van der Waals surface area contributed by atoms with Gasteiger partial charge in [-0.1, -0.05) is 172 Å². The van der Waals surface area contributed by atoms with Crippen molar-refractivity contribution in [1.82, 2.24) is 5.32 Å². The summed E-state index contributed by atoms with van der Waals surface area (Å²) in [5.74, 6) is -0.185. The van der Waals surface area contributed by atoms with Gasteiger partial charge >= 0.3 is 7.82 Å². The fourth-order valence-corrected chi connectivity index (χ4v) is 6.63. The third-order valence-corrected chi connectivity index (χ3v) is 9.51. The molecule has 8 nitrogen and oxygen atoms in total. The van der Waals surface area contributed by atoms with Crippen molar-refractivity contribution in [2.75, 3.05) is 27.7 Å². The number of rotatable bonds is 34. The van der Waals surface area contributed by atoms with Gasteiger partial charge in [0.1, 0.15) is 0 Å². The molecule has 9 heteroatoms. The number of amides is 1. The number of carbonyl (C=O) groups is 1. The van der Waals surface area contributed by atoms with E-state index in [1.807, 2.05) is 6.08 Å². The molecule has 274 valence electrons. The zero-order chi connectivity index (χ0) is 34.4. The standard InChI is InChI=1S/C37H75N2O6P/c1-6-8-10-12-14-16-18-20-22-24-26-28-30-32-36(40)35(34-44-46(42,43)45-39(3,4)5)38-37(41)33-31-29-27-25-23-21-19-17-15-13-11-9-7-2/h30,32,35-36,40H,6-29,31,33-34H2,1-5H3,(H-,38,41,42,43)/p+1/b32-30+/t35-,36+/m0/s1. The number of unbranched alkanes of at least 4 members (excludes halogenated alkanes) is 23. The van der Waals surface area contributed by atoms with Crippen LogP contribution in [0.25, 0.3) is 0 Å². The number of allylic oxidation sites excluding steroid dienone is 1. The average molecular weight is 676 g/mol. The van der Waals surface area contributed by atoms with Gasteiger partial charge in [0.2, 0.25) is 5.91 Å². The number of hydroxylamine groups is 3. The maximum absolute atomic E-state index is 12.7. The predicted octanol–water partition coefficient (Wildman–Crippen LogP) is 10.3. The van der Waals surface area contributed by atoms with Crippen molar-refractivity contribution in [1.29, 1.82) is 0 Å². The van der Waals surface area contributed by atoms with Gasteiger partial charge in [-0.15, -0.1) is 0 Å². The maximum atomic E-state index is 12.7. The number of hydrogen-bond acceptors (Lipinski definition) is 5. The average Bonchev–Trinajstić information content (AvgIpc) is 2.98. The Morgan fingerprint density at radius 1 is 0.696 bits per heavy atom. The van der Waals surface area contributed by atoms with Crippen LogP contribution >= 0.6 is 7.82 Å². The van der Waals surface area contributed by atoms with E-state index in [9.17, 15) is 19.4 Å². The van der Waals surface area contributed by atoms with E-state index < -0.39 is 20.0 Å². The van der Waals surface area contributed by atoms with Gasteiger partial charge in [0.25, 0.3) is 0 Å². The topological polar surface area (TPSA) is 105 Å². The van der Waals surface area contributed by atoms with Crippen LogP contribution < -0.4 is 5.32 Å². The molecule has 0 radical (unpaired) electrons. The Labute approximate surface area is 284 Å². The Morgan fingerprint density at radius 2 is 1.09 bits per heavy atom. The molecule has 0 aromatic rings. The summed E-state index contributed by atoms with van der Waals surface area (Å²) in [5, 5.41) is 13.7. The molecule has 0 fully saturated rings. The first-order valence-electron chi connectivity index (χ1n) is 19.1. The molecule has 0 aliphatic carbocycles. The first-order chi connectivity index (χ1) is 22.0. The number of aliphatic hydroxyl groups excluding tert-OH is 1. The van der Waals surface area contributed by atoms with Crippen LogP contribution in [0.3, 0.4) is 0 Å². The Balaban J connectivity index is 4.42. The summed E-state index contributed by atoms with van der Waals surface area (Å²) in [6, 6.07) is -0.848. The fourth-order valence-electron chi connectivity index (χ4n) is 5.61. The zero-order valence-electron chi connectivity index (χ0n) is 30.8. The van der Waals surface area contributed by atoms with Gasteiger partial charge in [-0.05, 0) is 19.3 Å². The zero-order valence-corrected chi connectivity index (χ0v) is 31.7. The summed E-state index contributed by atoms with van der Waals surface area (Å²) >= 11 is 0. The van der Waals surface area contributed by atoms with Gasteiger partial charge < -0.3 is 10.4 Å². The minimum absolute atomic E-state index is 0.185. The lowest BCUT2D eigenvalue weighted by Crippen LogP contribution is -2.45. The Kier molecular flexibility index (Phi) is 29.8. The van der Waals surface area contributed by atoms with E-state index in [1.54, 1.807) is 27.2 Å². The van der Waals surface area contributed by atoms with Crippen molar-refractivity contribution in [2.45, 2.75) is 193 Å². The highest BCUT2D eigenvalue weighted by Gasteiger charge is 2.33. The first-order valence-corrected chi connectivity index (χ1v) is 20.6. The van der Waals surface area contributed by atoms with E-state index in [4.69, 9.17) is 9.15 Å². The van der Waals surface area contributed by atoms with Gasteiger partial charge in [0, 0.05) is 6.42 Å². The van der Waals surface area contributed by atoms with Crippen LogP contribution in [0.2, 0.25) is 0 Å². The summed E-state index contributed by atoms with van der Waals surface area (Å²) in [5.41, 5.74) is 0. The molecule has 0 saturated carbocycles. The lowest BCUT2D eigenvalue weighted by atomic mass is 10.0. The minimum atomic E-state index is -4.38. The number of hydrogen-bond donors (Lipinski definition) is 3. The number of aliphatic hydroxyl groups is 1. The van der Waals surface area contributed by atoms with Gasteiger partial charge in [0.05, 0.1) is 39.9 Å². The molecule has 0 aliphatic rings. The number of phosphoric acid groups is 1. The van der Waals surface area contributed by atoms with Crippen LogP contribution in [-0.2, 0) is 18.5 Å². The smallest absolute Gasteiger partial charge is 0.387 e. The van der Waals surface area contributed by atoms with Gasteiger partial charge in [0.15, 0.2) is 0 Å². The first kappa shape index (κ1) is 45.2. The van der Waals surface area contributed by atoms with Crippen molar-refractivity contribution < 1.29 is 33.2 Å². The van der Waals surface area contributed by atoms with Crippen molar-refractivity contribution in [3.8, 4) is 0 Å².